The number of carbonyl (C=O) groups is 1. The van der Waals surface area contributed by atoms with E-state index < -0.39 is 43.8 Å². The van der Waals surface area contributed by atoms with E-state index in [2.05, 4.69) is 0 Å². The molecular formula is C14H17FO5S. The number of aliphatic carboxylic acids is 1. The molecule has 0 aromatic heterocycles. The van der Waals surface area contributed by atoms with Crippen molar-refractivity contribution in [3.05, 3.63) is 30.1 Å². The average Bonchev–Trinajstić information content (AvgIpc) is 2.38. The maximum Gasteiger partial charge on any atom is 0.306 e. The van der Waals surface area contributed by atoms with E-state index in [4.69, 9.17) is 5.11 Å². The highest BCUT2D eigenvalue weighted by molar-refractivity contribution is 7.91. The number of carboxylic acid groups (broad SMARTS) is 1. The fourth-order valence-corrected chi connectivity index (χ4v) is 4.48. The van der Waals surface area contributed by atoms with Crippen LogP contribution in [-0.4, -0.2) is 36.0 Å². The molecule has 0 spiro atoms. The summed E-state index contributed by atoms with van der Waals surface area (Å²) in [5.74, 6) is -2.93. The van der Waals surface area contributed by atoms with E-state index in [0.717, 1.165) is 12.1 Å². The van der Waals surface area contributed by atoms with Gasteiger partial charge in [0.1, 0.15) is 10.7 Å². The van der Waals surface area contributed by atoms with Gasteiger partial charge in [0.05, 0.1) is 17.3 Å². The number of hydrogen-bond acceptors (Lipinski definition) is 4. The second-order valence-corrected chi connectivity index (χ2v) is 7.48. The molecule has 21 heavy (non-hydrogen) atoms. The van der Waals surface area contributed by atoms with Crippen molar-refractivity contribution >= 4 is 15.8 Å². The molecule has 1 aliphatic rings. The molecule has 1 aromatic carbocycles. The summed E-state index contributed by atoms with van der Waals surface area (Å²) in [5, 5.41) is 19.3. The first kappa shape index (κ1) is 15.9. The van der Waals surface area contributed by atoms with Crippen molar-refractivity contribution < 1.29 is 27.8 Å². The van der Waals surface area contributed by atoms with Crippen LogP contribution in [0.3, 0.4) is 0 Å². The Hall–Kier alpha value is -1.47. The molecule has 0 unspecified atom stereocenters. The molecule has 0 saturated heterocycles. The third kappa shape index (κ3) is 3.59. The SMILES string of the molecule is O=C(O)C1CCC(O)(CS(=O)(=O)c2ccccc2F)CC1. The maximum absolute atomic E-state index is 13.6. The lowest BCUT2D eigenvalue weighted by atomic mass is 9.80. The van der Waals surface area contributed by atoms with Crippen molar-refractivity contribution in [2.75, 3.05) is 5.75 Å². The third-order valence-corrected chi connectivity index (χ3v) is 5.81. The van der Waals surface area contributed by atoms with Gasteiger partial charge in [-0.3, -0.25) is 4.79 Å². The summed E-state index contributed by atoms with van der Waals surface area (Å²) in [4.78, 5) is 10.4. The summed E-state index contributed by atoms with van der Waals surface area (Å²) < 4.78 is 38.0. The van der Waals surface area contributed by atoms with Crippen LogP contribution >= 0.6 is 0 Å². The highest BCUT2D eigenvalue weighted by Crippen LogP contribution is 2.34. The fourth-order valence-electron chi connectivity index (χ4n) is 2.67. The lowest BCUT2D eigenvalue weighted by molar-refractivity contribution is -0.144. The number of benzene rings is 1. The summed E-state index contributed by atoms with van der Waals surface area (Å²) in [6, 6.07) is 5.03. The number of aliphatic hydroxyl groups is 1. The molecule has 116 valence electrons. The van der Waals surface area contributed by atoms with E-state index in [9.17, 15) is 22.7 Å². The summed E-state index contributed by atoms with van der Waals surface area (Å²) in [7, 11) is -3.96. The van der Waals surface area contributed by atoms with E-state index in [-0.39, 0.29) is 25.7 Å². The van der Waals surface area contributed by atoms with Gasteiger partial charge in [-0.15, -0.1) is 0 Å². The molecule has 0 amide bonds. The zero-order valence-electron chi connectivity index (χ0n) is 11.3. The molecule has 5 nitrogen and oxygen atoms in total. The number of carboxylic acids is 1. The molecular weight excluding hydrogens is 299 g/mol. The molecule has 0 radical (unpaired) electrons. The lowest BCUT2D eigenvalue weighted by Gasteiger charge is -2.34. The standard InChI is InChI=1S/C14H17FO5S/c15-11-3-1-2-4-12(11)21(19,20)9-14(18)7-5-10(6-8-14)13(16)17/h1-4,10,18H,5-9H2,(H,16,17). The van der Waals surface area contributed by atoms with Crippen LogP contribution in [0.4, 0.5) is 4.39 Å². The minimum atomic E-state index is -3.96. The van der Waals surface area contributed by atoms with Gasteiger partial charge in [-0.25, -0.2) is 12.8 Å². The third-order valence-electron chi connectivity index (χ3n) is 3.90. The average molecular weight is 316 g/mol. The zero-order valence-corrected chi connectivity index (χ0v) is 12.1. The Morgan fingerprint density at radius 1 is 1.29 bits per heavy atom. The van der Waals surface area contributed by atoms with Crippen LogP contribution in [0.25, 0.3) is 0 Å². The number of sulfone groups is 1. The maximum atomic E-state index is 13.6. The molecule has 1 aliphatic carbocycles. The van der Waals surface area contributed by atoms with E-state index in [1.165, 1.54) is 12.1 Å². The summed E-state index contributed by atoms with van der Waals surface area (Å²) in [6.07, 6.45) is 0.604. The number of rotatable bonds is 4. The van der Waals surface area contributed by atoms with Gasteiger partial charge in [0.25, 0.3) is 0 Å². The zero-order chi connectivity index (χ0) is 15.7. The first-order valence-corrected chi connectivity index (χ1v) is 8.31. The Morgan fingerprint density at radius 2 is 1.86 bits per heavy atom. The number of hydrogen-bond donors (Lipinski definition) is 2. The second kappa shape index (κ2) is 5.73. The Labute approximate surface area is 122 Å². The van der Waals surface area contributed by atoms with Crippen molar-refractivity contribution in [2.24, 2.45) is 5.92 Å². The molecule has 1 fully saturated rings. The first-order valence-electron chi connectivity index (χ1n) is 6.66. The summed E-state index contributed by atoms with van der Waals surface area (Å²) in [6.45, 7) is 0. The molecule has 1 saturated carbocycles. The molecule has 1 aromatic rings. The van der Waals surface area contributed by atoms with Gasteiger partial charge >= 0.3 is 5.97 Å². The Bertz CT molecular complexity index is 633. The minimum Gasteiger partial charge on any atom is -0.481 e. The smallest absolute Gasteiger partial charge is 0.306 e. The molecule has 7 heteroatoms. The minimum absolute atomic E-state index is 0.0810. The van der Waals surface area contributed by atoms with Crippen molar-refractivity contribution in [1.29, 1.82) is 0 Å². The Morgan fingerprint density at radius 3 is 2.38 bits per heavy atom. The lowest BCUT2D eigenvalue weighted by Crippen LogP contribution is -2.42. The fraction of sp³-hybridized carbons (Fsp3) is 0.500. The molecule has 2 rings (SSSR count). The van der Waals surface area contributed by atoms with Crippen LogP contribution in [0.15, 0.2) is 29.2 Å². The molecule has 0 heterocycles. The van der Waals surface area contributed by atoms with E-state index in [1.807, 2.05) is 0 Å². The molecule has 0 bridgehead atoms. The van der Waals surface area contributed by atoms with E-state index in [1.54, 1.807) is 0 Å². The van der Waals surface area contributed by atoms with Crippen molar-refractivity contribution in [1.82, 2.24) is 0 Å². The van der Waals surface area contributed by atoms with Gasteiger partial charge < -0.3 is 10.2 Å². The largest absolute Gasteiger partial charge is 0.481 e. The quantitative estimate of drug-likeness (QED) is 0.880. The van der Waals surface area contributed by atoms with Gasteiger partial charge in [-0.1, -0.05) is 12.1 Å². The Balaban J connectivity index is 2.14. The van der Waals surface area contributed by atoms with E-state index >= 15 is 0 Å². The molecule has 2 N–H and O–H groups in total. The highest BCUT2D eigenvalue weighted by Gasteiger charge is 2.40. The van der Waals surface area contributed by atoms with Gasteiger partial charge in [-0.05, 0) is 37.8 Å². The van der Waals surface area contributed by atoms with Crippen molar-refractivity contribution in [2.45, 2.75) is 36.2 Å². The van der Waals surface area contributed by atoms with Gasteiger partial charge in [-0.2, -0.15) is 0 Å². The van der Waals surface area contributed by atoms with Gasteiger partial charge in [0, 0.05) is 0 Å². The van der Waals surface area contributed by atoms with Gasteiger partial charge in [0.15, 0.2) is 9.84 Å². The first-order chi connectivity index (χ1) is 9.73. The van der Waals surface area contributed by atoms with Crippen molar-refractivity contribution in [3.63, 3.8) is 0 Å². The van der Waals surface area contributed by atoms with Crippen molar-refractivity contribution in [3.8, 4) is 0 Å². The van der Waals surface area contributed by atoms with Crippen LogP contribution in [-0.2, 0) is 14.6 Å². The normalized spacial score (nSPS) is 26.5. The van der Waals surface area contributed by atoms with Crippen LogP contribution in [0.1, 0.15) is 25.7 Å². The second-order valence-electron chi connectivity index (χ2n) is 5.53. The van der Waals surface area contributed by atoms with E-state index in [0.29, 0.717) is 0 Å². The monoisotopic (exact) mass is 316 g/mol. The number of halogens is 1. The predicted molar refractivity (Wildman–Crippen MR) is 73.0 cm³/mol. The van der Waals surface area contributed by atoms with Crippen LogP contribution in [0.5, 0.6) is 0 Å². The van der Waals surface area contributed by atoms with Crippen LogP contribution in [0.2, 0.25) is 0 Å². The highest BCUT2D eigenvalue weighted by atomic mass is 32.2. The molecule has 0 aliphatic heterocycles. The van der Waals surface area contributed by atoms with Gasteiger partial charge in [0.2, 0.25) is 0 Å². The topological polar surface area (TPSA) is 91.7 Å². The Kier molecular flexibility index (Phi) is 4.34. The summed E-state index contributed by atoms with van der Waals surface area (Å²) in [5.41, 5.74) is -1.49. The van der Waals surface area contributed by atoms with Crippen LogP contribution in [0, 0.1) is 11.7 Å². The molecule has 0 atom stereocenters. The van der Waals surface area contributed by atoms with Crippen LogP contribution < -0.4 is 0 Å². The summed E-state index contributed by atoms with van der Waals surface area (Å²) >= 11 is 0. The predicted octanol–water partition coefficient (Wildman–Crippen LogP) is 1.61.